The van der Waals surface area contributed by atoms with Crippen molar-refractivity contribution in [2.24, 2.45) is 35.5 Å². The smallest absolute Gasteiger partial charge is 0.0542 e. The van der Waals surface area contributed by atoms with E-state index in [1.807, 2.05) is 0 Å². The maximum atomic E-state index is 10.2. The largest absolute Gasteiger partial charge is 0.393 e. The molecule has 0 spiro atoms. The van der Waals surface area contributed by atoms with Crippen molar-refractivity contribution in [3.05, 3.63) is 0 Å². The van der Waals surface area contributed by atoms with Crippen LogP contribution in [0.15, 0.2) is 0 Å². The Bertz CT molecular complexity index is 305. The zero-order chi connectivity index (χ0) is 16.1. The fourth-order valence-electron chi connectivity index (χ4n) is 5.67. The maximum absolute atomic E-state index is 10.2. The summed E-state index contributed by atoms with van der Waals surface area (Å²) in [6, 6.07) is 0. The van der Waals surface area contributed by atoms with Crippen LogP contribution in [0, 0.1) is 35.5 Å². The van der Waals surface area contributed by atoms with Crippen molar-refractivity contribution >= 4 is 0 Å². The zero-order valence-corrected chi connectivity index (χ0v) is 15.6. The standard InChI is InChI=1S/C21H40O/c1-5-8-19(22)14-18-11-12-20(16(18)4)21(13-15(2)3)17-9-6-7-10-17/h15-22H,5-14H2,1-4H3/t16-,18?,19?,20+,21?/m0/s1. The van der Waals surface area contributed by atoms with E-state index in [1.165, 1.54) is 44.9 Å². The average molecular weight is 309 g/mol. The summed E-state index contributed by atoms with van der Waals surface area (Å²) in [5, 5.41) is 10.2. The van der Waals surface area contributed by atoms with Gasteiger partial charge in [0.15, 0.2) is 0 Å². The molecule has 0 aliphatic heterocycles. The third-order valence-electron chi connectivity index (χ3n) is 6.79. The number of hydrogen-bond acceptors (Lipinski definition) is 1. The van der Waals surface area contributed by atoms with Crippen LogP contribution in [0.4, 0.5) is 0 Å². The van der Waals surface area contributed by atoms with Gasteiger partial charge in [0.1, 0.15) is 0 Å². The summed E-state index contributed by atoms with van der Waals surface area (Å²) in [6.07, 6.45) is 13.3. The van der Waals surface area contributed by atoms with Gasteiger partial charge in [-0.15, -0.1) is 0 Å². The van der Waals surface area contributed by atoms with Gasteiger partial charge < -0.3 is 5.11 Å². The van der Waals surface area contributed by atoms with Crippen LogP contribution in [0.1, 0.15) is 91.9 Å². The van der Waals surface area contributed by atoms with E-state index in [0.29, 0.717) is 0 Å². The molecule has 1 nitrogen and oxygen atoms in total. The van der Waals surface area contributed by atoms with E-state index < -0.39 is 0 Å². The minimum atomic E-state index is -0.0498. The Morgan fingerprint density at radius 3 is 2.32 bits per heavy atom. The van der Waals surface area contributed by atoms with E-state index in [4.69, 9.17) is 0 Å². The quantitative estimate of drug-likeness (QED) is 0.578. The summed E-state index contributed by atoms with van der Waals surface area (Å²) in [7, 11) is 0. The Morgan fingerprint density at radius 1 is 1.05 bits per heavy atom. The van der Waals surface area contributed by atoms with Crippen LogP contribution in [0.25, 0.3) is 0 Å². The van der Waals surface area contributed by atoms with E-state index in [0.717, 1.165) is 54.8 Å². The Balaban J connectivity index is 1.96. The minimum absolute atomic E-state index is 0.0498. The van der Waals surface area contributed by atoms with E-state index in [9.17, 15) is 5.11 Å². The molecule has 2 rings (SSSR count). The molecule has 5 atom stereocenters. The molecule has 0 radical (unpaired) electrons. The van der Waals surface area contributed by atoms with Gasteiger partial charge in [-0.25, -0.2) is 0 Å². The molecule has 3 unspecified atom stereocenters. The van der Waals surface area contributed by atoms with Crippen molar-refractivity contribution in [1.82, 2.24) is 0 Å². The molecular formula is C21H40O. The molecule has 2 aliphatic carbocycles. The molecule has 0 aromatic rings. The highest BCUT2D eigenvalue weighted by Gasteiger charge is 2.41. The van der Waals surface area contributed by atoms with Crippen LogP contribution in [0.5, 0.6) is 0 Å². The monoisotopic (exact) mass is 308 g/mol. The second-order valence-corrected chi connectivity index (χ2v) is 8.88. The topological polar surface area (TPSA) is 20.2 Å². The first-order chi connectivity index (χ1) is 10.5. The molecule has 22 heavy (non-hydrogen) atoms. The van der Waals surface area contributed by atoms with Crippen molar-refractivity contribution in [3.63, 3.8) is 0 Å². The Kier molecular flexibility index (Phi) is 7.25. The summed E-state index contributed by atoms with van der Waals surface area (Å²) < 4.78 is 0. The second-order valence-electron chi connectivity index (χ2n) is 8.88. The van der Waals surface area contributed by atoms with E-state index in [1.54, 1.807) is 0 Å². The van der Waals surface area contributed by atoms with Gasteiger partial charge >= 0.3 is 0 Å². The molecule has 0 heterocycles. The second kappa shape index (κ2) is 8.71. The molecule has 0 bridgehead atoms. The number of aliphatic hydroxyl groups excluding tert-OH is 1. The van der Waals surface area contributed by atoms with Gasteiger partial charge in [0, 0.05) is 0 Å². The SMILES string of the molecule is CCCC(O)CC1CC[C@@H](C(CC(C)C)C2CCCC2)[C@H]1C. The van der Waals surface area contributed by atoms with Crippen molar-refractivity contribution in [3.8, 4) is 0 Å². The molecule has 130 valence electrons. The fourth-order valence-corrected chi connectivity index (χ4v) is 5.67. The molecule has 0 aromatic heterocycles. The summed E-state index contributed by atoms with van der Waals surface area (Å²) in [6.45, 7) is 9.50. The van der Waals surface area contributed by atoms with E-state index in [-0.39, 0.29) is 6.10 Å². The Hall–Kier alpha value is -0.0400. The van der Waals surface area contributed by atoms with Crippen LogP contribution in [0.2, 0.25) is 0 Å². The highest BCUT2D eigenvalue weighted by molar-refractivity contribution is 4.91. The normalized spacial score (nSPS) is 32.7. The van der Waals surface area contributed by atoms with Crippen LogP contribution in [-0.2, 0) is 0 Å². The lowest BCUT2D eigenvalue weighted by Gasteiger charge is -2.35. The van der Waals surface area contributed by atoms with Gasteiger partial charge in [-0.1, -0.05) is 59.8 Å². The Labute approximate surface area is 139 Å². The van der Waals surface area contributed by atoms with Crippen molar-refractivity contribution in [2.45, 2.75) is 98.0 Å². The van der Waals surface area contributed by atoms with Gasteiger partial charge in [0.2, 0.25) is 0 Å². The Morgan fingerprint density at radius 2 is 1.73 bits per heavy atom. The molecule has 1 N–H and O–H groups in total. The summed E-state index contributed by atoms with van der Waals surface area (Å²) >= 11 is 0. The zero-order valence-electron chi connectivity index (χ0n) is 15.6. The first-order valence-corrected chi connectivity index (χ1v) is 10.2. The highest BCUT2D eigenvalue weighted by Crippen LogP contribution is 2.50. The van der Waals surface area contributed by atoms with Crippen molar-refractivity contribution < 1.29 is 5.11 Å². The predicted molar refractivity (Wildman–Crippen MR) is 95.8 cm³/mol. The molecule has 2 saturated carbocycles. The molecular weight excluding hydrogens is 268 g/mol. The van der Waals surface area contributed by atoms with Crippen LogP contribution in [0.3, 0.4) is 0 Å². The summed E-state index contributed by atoms with van der Waals surface area (Å²) in [4.78, 5) is 0. The lowest BCUT2D eigenvalue weighted by molar-refractivity contribution is 0.105. The van der Waals surface area contributed by atoms with Crippen LogP contribution in [-0.4, -0.2) is 11.2 Å². The molecule has 2 fully saturated rings. The van der Waals surface area contributed by atoms with Gasteiger partial charge in [-0.3, -0.25) is 0 Å². The van der Waals surface area contributed by atoms with E-state index >= 15 is 0 Å². The maximum Gasteiger partial charge on any atom is 0.0542 e. The molecule has 0 saturated heterocycles. The lowest BCUT2D eigenvalue weighted by atomic mass is 9.71. The average Bonchev–Trinajstić information content (AvgIpc) is 3.08. The lowest BCUT2D eigenvalue weighted by Crippen LogP contribution is -2.28. The highest BCUT2D eigenvalue weighted by atomic mass is 16.3. The predicted octanol–water partition coefficient (Wildman–Crippen LogP) is 6.05. The molecule has 0 amide bonds. The number of hydrogen-bond donors (Lipinski definition) is 1. The number of rotatable bonds is 8. The van der Waals surface area contributed by atoms with Gasteiger partial charge in [0.25, 0.3) is 0 Å². The van der Waals surface area contributed by atoms with Gasteiger partial charge in [-0.2, -0.15) is 0 Å². The molecule has 1 heteroatoms. The van der Waals surface area contributed by atoms with Gasteiger partial charge in [0.05, 0.1) is 6.10 Å². The van der Waals surface area contributed by atoms with Crippen molar-refractivity contribution in [1.29, 1.82) is 0 Å². The summed E-state index contributed by atoms with van der Waals surface area (Å²) in [5.74, 6) is 5.35. The first-order valence-electron chi connectivity index (χ1n) is 10.2. The summed E-state index contributed by atoms with van der Waals surface area (Å²) in [5.41, 5.74) is 0. The number of aliphatic hydroxyl groups is 1. The third kappa shape index (κ3) is 4.73. The molecule has 2 aliphatic rings. The van der Waals surface area contributed by atoms with Crippen LogP contribution < -0.4 is 0 Å². The van der Waals surface area contributed by atoms with E-state index in [2.05, 4.69) is 27.7 Å². The van der Waals surface area contributed by atoms with Crippen molar-refractivity contribution in [2.75, 3.05) is 0 Å². The van der Waals surface area contributed by atoms with Gasteiger partial charge in [-0.05, 0) is 67.6 Å². The molecule has 0 aromatic carbocycles. The fraction of sp³-hybridized carbons (Fsp3) is 1.00. The minimum Gasteiger partial charge on any atom is -0.393 e. The van der Waals surface area contributed by atoms with Crippen LogP contribution >= 0.6 is 0 Å². The first kappa shape index (κ1) is 18.3. The third-order valence-corrected chi connectivity index (χ3v) is 6.79.